The molecule has 1 aromatic heterocycles. The van der Waals surface area contributed by atoms with Crippen LogP contribution >= 0.6 is 34.8 Å². The first-order valence-corrected chi connectivity index (χ1v) is 11.9. The molecule has 0 aliphatic carbocycles. The van der Waals surface area contributed by atoms with E-state index >= 15 is 0 Å². The highest BCUT2D eigenvalue weighted by molar-refractivity contribution is 6.36. The zero-order valence-corrected chi connectivity index (χ0v) is 21.0. The predicted molar refractivity (Wildman–Crippen MR) is 140 cm³/mol. The first kappa shape index (κ1) is 25.0. The molecule has 0 aliphatic rings. The molecular weight excluding hydrogens is 508 g/mol. The highest BCUT2D eigenvalue weighted by Crippen LogP contribution is 2.37. The van der Waals surface area contributed by atoms with E-state index in [1.54, 1.807) is 42.5 Å². The van der Waals surface area contributed by atoms with Crippen molar-refractivity contribution in [2.24, 2.45) is 0 Å². The van der Waals surface area contributed by atoms with Crippen LogP contribution in [0.3, 0.4) is 0 Å². The number of hydrogen-bond donors (Lipinski definition) is 2. The lowest BCUT2D eigenvalue weighted by atomic mass is 9.96. The molecular formula is C27H21Cl3FN3O. The summed E-state index contributed by atoms with van der Waals surface area (Å²) >= 11 is 18.7. The van der Waals surface area contributed by atoms with Gasteiger partial charge in [-0.2, -0.15) is 0 Å². The van der Waals surface area contributed by atoms with Crippen molar-refractivity contribution in [1.82, 2.24) is 15.6 Å². The summed E-state index contributed by atoms with van der Waals surface area (Å²) in [4.78, 5) is 17.2. The van der Waals surface area contributed by atoms with Crippen LogP contribution in [0.1, 0.15) is 16.8 Å². The van der Waals surface area contributed by atoms with Gasteiger partial charge in [0.05, 0.1) is 5.69 Å². The molecule has 35 heavy (non-hydrogen) atoms. The second-order valence-electron chi connectivity index (χ2n) is 7.89. The Labute approximate surface area is 218 Å². The van der Waals surface area contributed by atoms with Crippen LogP contribution in [-0.4, -0.2) is 11.0 Å². The number of pyridine rings is 1. The van der Waals surface area contributed by atoms with Crippen LogP contribution < -0.4 is 10.6 Å². The third kappa shape index (κ3) is 6.12. The Balaban J connectivity index is 1.61. The maximum Gasteiger partial charge on any atom is 0.315 e. The monoisotopic (exact) mass is 527 g/mol. The molecule has 8 heteroatoms. The molecule has 0 radical (unpaired) electrons. The van der Waals surface area contributed by atoms with Crippen molar-refractivity contribution >= 4 is 40.8 Å². The number of aromatic nitrogens is 1. The molecule has 4 aromatic rings. The number of aryl methyl sites for hydroxylation is 1. The summed E-state index contributed by atoms with van der Waals surface area (Å²) in [5.41, 5.74) is 5.13. The zero-order valence-electron chi connectivity index (χ0n) is 18.7. The molecule has 4 rings (SSSR count). The number of carbonyl (C=O) groups excluding carboxylic acids is 1. The first-order valence-electron chi connectivity index (χ1n) is 10.8. The van der Waals surface area contributed by atoms with E-state index in [2.05, 4.69) is 10.6 Å². The number of rotatable bonds is 6. The second-order valence-corrected chi connectivity index (χ2v) is 9.17. The summed E-state index contributed by atoms with van der Waals surface area (Å²) in [6.07, 6.45) is 0. The van der Waals surface area contributed by atoms with E-state index in [0.29, 0.717) is 20.6 Å². The van der Waals surface area contributed by atoms with Crippen LogP contribution in [0.15, 0.2) is 72.8 Å². The van der Waals surface area contributed by atoms with Crippen LogP contribution in [0.25, 0.3) is 22.4 Å². The smallest absolute Gasteiger partial charge is 0.315 e. The summed E-state index contributed by atoms with van der Waals surface area (Å²) in [6.45, 7) is 2.18. The number of nitrogens with zero attached hydrogens (tertiary/aromatic N) is 1. The minimum atomic E-state index is -0.416. The topological polar surface area (TPSA) is 54.0 Å². The van der Waals surface area contributed by atoms with Gasteiger partial charge in [0.15, 0.2) is 0 Å². The molecule has 3 aromatic carbocycles. The fourth-order valence-electron chi connectivity index (χ4n) is 3.62. The number of urea groups is 1. The Morgan fingerprint density at radius 3 is 2.17 bits per heavy atom. The van der Waals surface area contributed by atoms with E-state index in [4.69, 9.17) is 39.8 Å². The molecule has 0 unspecified atom stereocenters. The minimum Gasteiger partial charge on any atom is -0.334 e. The highest BCUT2D eigenvalue weighted by Gasteiger charge is 2.16. The molecule has 4 nitrogen and oxygen atoms in total. The number of hydrogen-bond acceptors (Lipinski definition) is 2. The van der Waals surface area contributed by atoms with Gasteiger partial charge < -0.3 is 10.6 Å². The molecule has 178 valence electrons. The van der Waals surface area contributed by atoms with Crippen molar-refractivity contribution < 1.29 is 9.18 Å². The molecule has 2 amide bonds. The van der Waals surface area contributed by atoms with E-state index in [1.807, 2.05) is 31.2 Å². The van der Waals surface area contributed by atoms with Crippen molar-refractivity contribution in [1.29, 1.82) is 0 Å². The predicted octanol–water partition coefficient (Wildman–Crippen LogP) is 7.82. The normalized spacial score (nSPS) is 10.8. The van der Waals surface area contributed by atoms with Gasteiger partial charge >= 0.3 is 6.03 Å². The third-order valence-corrected chi connectivity index (χ3v) is 6.29. The molecule has 0 saturated carbocycles. The van der Waals surface area contributed by atoms with Crippen LogP contribution in [0.4, 0.5) is 9.18 Å². The number of carbonyl (C=O) groups is 1. The quantitative estimate of drug-likeness (QED) is 0.268. The summed E-state index contributed by atoms with van der Waals surface area (Å²) in [5, 5.41) is 7.13. The van der Waals surface area contributed by atoms with Gasteiger partial charge in [-0.05, 0) is 48.9 Å². The van der Waals surface area contributed by atoms with Crippen LogP contribution in [0.2, 0.25) is 15.1 Å². The lowest BCUT2D eigenvalue weighted by molar-refractivity contribution is 0.240. The van der Waals surface area contributed by atoms with Gasteiger partial charge in [-0.15, -0.1) is 0 Å². The van der Waals surface area contributed by atoms with Gasteiger partial charge in [-0.1, -0.05) is 71.2 Å². The Hall–Kier alpha value is -3.12. The standard InChI is InChI=1S/C27H21Cl3FN3O/c1-16-19(15-33-27(35)32-14-18-4-2-3-5-25(18)31)12-23(22-11-10-21(29)13-24(22)30)26(34-16)17-6-8-20(28)9-7-17/h2-13H,14-15H2,1H3,(H2,32,33,35). The summed E-state index contributed by atoms with van der Waals surface area (Å²) in [7, 11) is 0. The Kier molecular flexibility index (Phi) is 7.91. The maximum atomic E-state index is 13.8. The fourth-order valence-corrected chi connectivity index (χ4v) is 4.26. The van der Waals surface area contributed by atoms with Crippen LogP contribution in [-0.2, 0) is 13.1 Å². The van der Waals surface area contributed by atoms with E-state index in [1.165, 1.54) is 6.07 Å². The van der Waals surface area contributed by atoms with Gasteiger partial charge in [-0.25, -0.2) is 9.18 Å². The lowest BCUT2D eigenvalue weighted by Gasteiger charge is -2.16. The zero-order chi connectivity index (χ0) is 24.9. The van der Waals surface area contributed by atoms with Gasteiger partial charge in [-0.3, -0.25) is 4.98 Å². The average molecular weight is 529 g/mol. The average Bonchev–Trinajstić information content (AvgIpc) is 2.83. The van der Waals surface area contributed by atoms with E-state index in [0.717, 1.165) is 33.6 Å². The number of halogens is 4. The summed E-state index contributed by atoms with van der Waals surface area (Å²) < 4.78 is 13.8. The van der Waals surface area contributed by atoms with Gasteiger partial charge in [0.2, 0.25) is 0 Å². The molecule has 1 heterocycles. The summed E-state index contributed by atoms with van der Waals surface area (Å²) in [6, 6.07) is 20.5. The highest BCUT2D eigenvalue weighted by atomic mass is 35.5. The lowest BCUT2D eigenvalue weighted by Crippen LogP contribution is -2.35. The fraction of sp³-hybridized carbons (Fsp3) is 0.111. The van der Waals surface area contributed by atoms with E-state index in [-0.39, 0.29) is 18.9 Å². The van der Waals surface area contributed by atoms with Crippen molar-refractivity contribution in [3.05, 3.63) is 111 Å². The number of benzene rings is 3. The van der Waals surface area contributed by atoms with Crippen molar-refractivity contribution in [2.45, 2.75) is 20.0 Å². The number of nitrogens with one attached hydrogen (secondary N) is 2. The van der Waals surface area contributed by atoms with Gasteiger partial charge in [0.1, 0.15) is 5.82 Å². The Morgan fingerprint density at radius 2 is 1.49 bits per heavy atom. The minimum absolute atomic E-state index is 0.0802. The molecule has 0 saturated heterocycles. The van der Waals surface area contributed by atoms with Crippen LogP contribution in [0, 0.1) is 12.7 Å². The molecule has 0 atom stereocenters. The Morgan fingerprint density at radius 1 is 0.829 bits per heavy atom. The van der Waals surface area contributed by atoms with E-state index in [9.17, 15) is 9.18 Å². The van der Waals surface area contributed by atoms with Crippen molar-refractivity contribution in [3.8, 4) is 22.4 Å². The maximum absolute atomic E-state index is 13.8. The SMILES string of the molecule is Cc1nc(-c2ccc(Cl)cc2)c(-c2ccc(Cl)cc2Cl)cc1CNC(=O)NCc1ccccc1F. The molecule has 0 spiro atoms. The van der Waals surface area contributed by atoms with Gasteiger partial charge in [0, 0.05) is 56.1 Å². The molecule has 0 bridgehead atoms. The molecule has 0 aliphatic heterocycles. The Bertz CT molecular complexity index is 1380. The largest absolute Gasteiger partial charge is 0.334 e. The first-order chi connectivity index (χ1) is 16.8. The second kappa shape index (κ2) is 11.1. The van der Waals surface area contributed by atoms with Gasteiger partial charge in [0.25, 0.3) is 0 Å². The van der Waals surface area contributed by atoms with Crippen LogP contribution in [0.5, 0.6) is 0 Å². The summed E-state index contributed by atoms with van der Waals surface area (Å²) in [5.74, 6) is -0.366. The third-order valence-electron chi connectivity index (χ3n) is 5.49. The van der Waals surface area contributed by atoms with Crippen molar-refractivity contribution in [3.63, 3.8) is 0 Å². The van der Waals surface area contributed by atoms with Crippen molar-refractivity contribution in [2.75, 3.05) is 0 Å². The van der Waals surface area contributed by atoms with E-state index < -0.39 is 6.03 Å². The molecule has 2 N–H and O–H groups in total. The molecule has 0 fully saturated rings. The number of amides is 2.